The monoisotopic (exact) mass is 244 g/mol. The van der Waals surface area contributed by atoms with Crippen molar-refractivity contribution < 1.29 is 14.3 Å². The van der Waals surface area contributed by atoms with Crippen molar-refractivity contribution in [3.63, 3.8) is 0 Å². The Balaban J connectivity index is 1.97. The zero-order valence-corrected chi connectivity index (χ0v) is 10.9. The van der Waals surface area contributed by atoms with E-state index < -0.39 is 0 Å². The zero-order valence-electron chi connectivity index (χ0n) is 10.9. The first kappa shape index (κ1) is 14.4. The molecular formula is C12H24N2O3. The Hall–Kier alpha value is -0.650. The number of nitrogens with zero attached hydrogens (tertiary/aromatic N) is 1. The molecule has 0 aromatic rings. The fourth-order valence-corrected chi connectivity index (χ4v) is 1.88. The van der Waals surface area contributed by atoms with Gasteiger partial charge in [0.05, 0.1) is 26.7 Å². The summed E-state index contributed by atoms with van der Waals surface area (Å²) in [7, 11) is 1.42. The lowest BCUT2D eigenvalue weighted by Crippen LogP contribution is -2.38. The molecule has 0 spiro atoms. The molecule has 0 bridgehead atoms. The minimum absolute atomic E-state index is 0.154. The molecule has 5 nitrogen and oxygen atoms in total. The second kappa shape index (κ2) is 8.44. The van der Waals surface area contributed by atoms with E-state index in [1.807, 2.05) is 6.92 Å². The van der Waals surface area contributed by atoms with Gasteiger partial charge in [-0.25, -0.2) is 0 Å². The van der Waals surface area contributed by atoms with Crippen molar-refractivity contribution in [2.24, 2.45) is 0 Å². The summed E-state index contributed by atoms with van der Waals surface area (Å²) < 4.78 is 9.91. The van der Waals surface area contributed by atoms with Crippen molar-refractivity contribution in [1.82, 2.24) is 10.2 Å². The average Bonchev–Trinajstić information content (AvgIpc) is 2.36. The molecule has 100 valence electrons. The number of hydrogen-bond donors (Lipinski definition) is 1. The van der Waals surface area contributed by atoms with E-state index in [0.29, 0.717) is 6.42 Å². The highest BCUT2D eigenvalue weighted by Gasteiger charge is 2.10. The average molecular weight is 244 g/mol. The number of carbonyl (C=O) groups excluding carboxylic acids is 1. The molecule has 1 aliphatic rings. The van der Waals surface area contributed by atoms with Crippen LogP contribution in [-0.2, 0) is 14.3 Å². The van der Waals surface area contributed by atoms with Gasteiger partial charge in [-0.05, 0) is 26.4 Å². The fourth-order valence-electron chi connectivity index (χ4n) is 1.88. The number of esters is 1. The summed E-state index contributed by atoms with van der Waals surface area (Å²) in [6.45, 7) is 7.83. The topological polar surface area (TPSA) is 50.8 Å². The Morgan fingerprint density at radius 3 is 2.82 bits per heavy atom. The maximum Gasteiger partial charge on any atom is 0.307 e. The van der Waals surface area contributed by atoms with Crippen molar-refractivity contribution in [2.45, 2.75) is 25.8 Å². The third-order valence-corrected chi connectivity index (χ3v) is 2.95. The van der Waals surface area contributed by atoms with Gasteiger partial charge in [0, 0.05) is 19.1 Å². The summed E-state index contributed by atoms with van der Waals surface area (Å²) in [5, 5.41) is 3.33. The predicted octanol–water partition coefficient (Wildman–Crippen LogP) is 0.250. The summed E-state index contributed by atoms with van der Waals surface area (Å²) >= 11 is 0. The van der Waals surface area contributed by atoms with E-state index in [9.17, 15) is 4.79 Å². The van der Waals surface area contributed by atoms with Crippen LogP contribution in [0.5, 0.6) is 0 Å². The first-order valence-electron chi connectivity index (χ1n) is 6.32. The van der Waals surface area contributed by atoms with Crippen LogP contribution in [0.1, 0.15) is 19.8 Å². The van der Waals surface area contributed by atoms with Gasteiger partial charge >= 0.3 is 5.97 Å². The van der Waals surface area contributed by atoms with E-state index in [2.05, 4.69) is 15.0 Å². The minimum atomic E-state index is -0.154. The van der Waals surface area contributed by atoms with Gasteiger partial charge in [-0.3, -0.25) is 9.69 Å². The number of methoxy groups -OCH3 is 1. The Morgan fingerprint density at radius 2 is 2.18 bits per heavy atom. The van der Waals surface area contributed by atoms with E-state index in [4.69, 9.17) is 4.74 Å². The van der Waals surface area contributed by atoms with Crippen LogP contribution in [0.25, 0.3) is 0 Å². The van der Waals surface area contributed by atoms with Crippen molar-refractivity contribution >= 4 is 5.97 Å². The third kappa shape index (κ3) is 6.61. The summed E-state index contributed by atoms with van der Waals surface area (Å²) in [4.78, 5) is 13.4. The van der Waals surface area contributed by atoms with E-state index in [1.165, 1.54) is 7.11 Å². The molecule has 1 rings (SSSR count). The number of hydrogen-bond acceptors (Lipinski definition) is 5. The molecule has 1 unspecified atom stereocenters. The summed E-state index contributed by atoms with van der Waals surface area (Å²) in [6, 6.07) is 0.187. The molecule has 1 heterocycles. The Morgan fingerprint density at radius 1 is 1.47 bits per heavy atom. The Kier molecular flexibility index (Phi) is 7.16. The SMILES string of the molecule is COC(=O)CC(C)NCCCN1CCOCC1. The Labute approximate surface area is 103 Å². The number of ether oxygens (including phenoxy) is 2. The summed E-state index contributed by atoms with van der Waals surface area (Å²) in [6.07, 6.45) is 1.54. The molecule has 0 aliphatic carbocycles. The molecule has 0 aromatic heterocycles. The third-order valence-electron chi connectivity index (χ3n) is 2.95. The van der Waals surface area contributed by atoms with E-state index >= 15 is 0 Å². The minimum Gasteiger partial charge on any atom is -0.469 e. The maximum atomic E-state index is 11.0. The van der Waals surface area contributed by atoms with Gasteiger partial charge < -0.3 is 14.8 Å². The second-order valence-corrected chi connectivity index (χ2v) is 4.44. The van der Waals surface area contributed by atoms with Crippen molar-refractivity contribution in [2.75, 3.05) is 46.5 Å². The van der Waals surface area contributed by atoms with E-state index in [1.54, 1.807) is 0 Å². The van der Waals surface area contributed by atoms with Crippen molar-refractivity contribution in [3.05, 3.63) is 0 Å². The second-order valence-electron chi connectivity index (χ2n) is 4.44. The largest absolute Gasteiger partial charge is 0.469 e. The molecule has 1 N–H and O–H groups in total. The van der Waals surface area contributed by atoms with Gasteiger partial charge in [-0.2, -0.15) is 0 Å². The van der Waals surface area contributed by atoms with Gasteiger partial charge in [0.1, 0.15) is 0 Å². The summed E-state index contributed by atoms with van der Waals surface area (Å²) in [5.41, 5.74) is 0. The number of rotatable bonds is 7. The molecule has 0 radical (unpaired) electrons. The number of nitrogens with one attached hydrogen (secondary N) is 1. The van der Waals surface area contributed by atoms with Crippen LogP contribution in [0.4, 0.5) is 0 Å². The number of carbonyl (C=O) groups is 1. The first-order valence-corrected chi connectivity index (χ1v) is 6.32. The highest BCUT2D eigenvalue weighted by molar-refractivity contribution is 5.69. The molecule has 1 atom stereocenters. The van der Waals surface area contributed by atoms with Crippen LogP contribution < -0.4 is 5.32 Å². The fraction of sp³-hybridized carbons (Fsp3) is 0.917. The van der Waals surface area contributed by atoms with Gasteiger partial charge in [0.15, 0.2) is 0 Å². The predicted molar refractivity (Wildman–Crippen MR) is 66.0 cm³/mol. The van der Waals surface area contributed by atoms with E-state index in [0.717, 1.165) is 45.8 Å². The van der Waals surface area contributed by atoms with Crippen molar-refractivity contribution in [3.8, 4) is 0 Å². The quantitative estimate of drug-likeness (QED) is 0.514. The van der Waals surface area contributed by atoms with Gasteiger partial charge in [0.2, 0.25) is 0 Å². The van der Waals surface area contributed by atoms with Crippen LogP contribution in [0.3, 0.4) is 0 Å². The van der Waals surface area contributed by atoms with Crippen LogP contribution in [0.15, 0.2) is 0 Å². The molecule has 1 aliphatic heterocycles. The zero-order chi connectivity index (χ0) is 12.5. The van der Waals surface area contributed by atoms with Crippen LogP contribution >= 0.6 is 0 Å². The highest BCUT2D eigenvalue weighted by atomic mass is 16.5. The number of morpholine rings is 1. The molecule has 1 saturated heterocycles. The van der Waals surface area contributed by atoms with Crippen LogP contribution in [0, 0.1) is 0 Å². The lowest BCUT2D eigenvalue weighted by atomic mass is 10.2. The summed E-state index contributed by atoms with van der Waals surface area (Å²) in [5.74, 6) is -0.154. The molecule has 1 fully saturated rings. The molecule has 17 heavy (non-hydrogen) atoms. The highest BCUT2D eigenvalue weighted by Crippen LogP contribution is 1.98. The standard InChI is InChI=1S/C12H24N2O3/c1-11(10-12(15)16-2)13-4-3-5-14-6-8-17-9-7-14/h11,13H,3-10H2,1-2H3. The van der Waals surface area contributed by atoms with Gasteiger partial charge in [0.25, 0.3) is 0 Å². The molecule has 0 aromatic carbocycles. The molecule has 5 heteroatoms. The normalized spacial score (nSPS) is 18.9. The lowest BCUT2D eigenvalue weighted by molar-refractivity contribution is -0.141. The van der Waals surface area contributed by atoms with E-state index in [-0.39, 0.29) is 12.0 Å². The first-order chi connectivity index (χ1) is 8.22. The lowest BCUT2D eigenvalue weighted by Gasteiger charge is -2.26. The smallest absolute Gasteiger partial charge is 0.307 e. The van der Waals surface area contributed by atoms with Crippen molar-refractivity contribution in [1.29, 1.82) is 0 Å². The van der Waals surface area contributed by atoms with Crippen LogP contribution in [-0.4, -0.2) is 63.4 Å². The van der Waals surface area contributed by atoms with Gasteiger partial charge in [-0.1, -0.05) is 0 Å². The molecule has 0 amide bonds. The molecular weight excluding hydrogens is 220 g/mol. The van der Waals surface area contributed by atoms with Crippen LogP contribution in [0.2, 0.25) is 0 Å². The maximum absolute atomic E-state index is 11.0. The molecule has 0 saturated carbocycles. The Bertz CT molecular complexity index is 218. The van der Waals surface area contributed by atoms with Gasteiger partial charge in [-0.15, -0.1) is 0 Å².